The number of benzene rings is 2. The van der Waals surface area contributed by atoms with Crippen LogP contribution >= 0.6 is 0 Å². The Labute approximate surface area is 164 Å². The van der Waals surface area contributed by atoms with E-state index in [2.05, 4.69) is 15.6 Å². The van der Waals surface area contributed by atoms with Gasteiger partial charge in [-0.3, -0.25) is 5.73 Å². The molecule has 0 radical (unpaired) electrons. The van der Waals surface area contributed by atoms with Crippen LogP contribution in [-0.4, -0.2) is 26.0 Å². The van der Waals surface area contributed by atoms with E-state index in [4.69, 9.17) is 19.9 Å². The summed E-state index contributed by atoms with van der Waals surface area (Å²) in [4.78, 5) is 4.15. The van der Waals surface area contributed by atoms with E-state index < -0.39 is 17.4 Å². The molecule has 2 aromatic rings. The van der Waals surface area contributed by atoms with E-state index in [-0.39, 0.29) is 18.3 Å². The monoisotopic (exact) mass is 406 g/mol. The van der Waals surface area contributed by atoms with Crippen LogP contribution in [0.1, 0.15) is 5.56 Å². The molecule has 0 saturated carbocycles. The number of nitrogens with one attached hydrogen (secondary N) is 2. The van der Waals surface area contributed by atoms with Gasteiger partial charge in [0.25, 0.3) is 0 Å². The predicted molar refractivity (Wildman–Crippen MR) is 99.8 cm³/mol. The highest BCUT2D eigenvalue weighted by Gasteiger charge is 2.49. The van der Waals surface area contributed by atoms with Crippen LogP contribution in [-0.2, 0) is 5.66 Å². The molecule has 0 aromatic heterocycles. The van der Waals surface area contributed by atoms with E-state index in [9.17, 15) is 13.2 Å². The average Bonchev–Trinajstić information content (AvgIpc) is 3.15. The molecule has 0 amide bonds. The summed E-state index contributed by atoms with van der Waals surface area (Å²) in [6.45, 7) is -0.00652. The number of hydrogen-bond acceptors (Lipinski definition) is 7. The van der Waals surface area contributed by atoms with E-state index in [0.29, 0.717) is 22.9 Å². The molecule has 2 aromatic carbocycles. The molecule has 152 valence electrons. The van der Waals surface area contributed by atoms with Gasteiger partial charge >= 0.3 is 6.18 Å². The van der Waals surface area contributed by atoms with Crippen LogP contribution in [0.15, 0.2) is 59.2 Å². The maximum absolute atomic E-state index is 13.7. The van der Waals surface area contributed by atoms with Gasteiger partial charge in [0.2, 0.25) is 12.8 Å². The zero-order valence-corrected chi connectivity index (χ0v) is 15.2. The van der Waals surface area contributed by atoms with E-state index in [0.717, 1.165) is 6.20 Å². The molecular formula is C19H17F3N4O3. The van der Waals surface area contributed by atoms with Crippen molar-refractivity contribution in [3.05, 3.63) is 59.8 Å². The van der Waals surface area contributed by atoms with Crippen LogP contribution in [0.25, 0.3) is 0 Å². The molecule has 1 atom stereocenters. The third-order valence-corrected chi connectivity index (χ3v) is 4.52. The van der Waals surface area contributed by atoms with Gasteiger partial charge in [0.05, 0.1) is 12.7 Å². The second kappa shape index (κ2) is 6.89. The van der Waals surface area contributed by atoms with Crippen molar-refractivity contribution < 1.29 is 27.4 Å². The van der Waals surface area contributed by atoms with E-state index in [1.165, 1.54) is 25.3 Å². The van der Waals surface area contributed by atoms with Gasteiger partial charge in [0.1, 0.15) is 5.75 Å². The fourth-order valence-electron chi connectivity index (χ4n) is 3.05. The smallest absolute Gasteiger partial charge is 0.418 e. The quantitative estimate of drug-likeness (QED) is 0.726. The summed E-state index contributed by atoms with van der Waals surface area (Å²) in [5.74, 6) is 1.45. The van der Waals surface area contributed by atoms with Gasteiger partial charge in [0.15, 0.2) is 17.2 Å². The van der Waals surface area contributed by atoms with Crippen LogP contribution in [0.4, 0.5) is 18.9 Å². The number of guanidine groups is 1. The zero-order chi connectivity index (χ0) is 20.6. The largest absolute Gasteiger partial charge is 0.497 e. The number of rotatable bonds is 3. The molecule has 1 unspecified atom stereocenters. The van der Waals surface area contributed by atoms with Crippen LogP contribution < -0.4 is 30.6 Å². The van der Waals surface area contributed by atoms with Gasteiger partial charge in [-0.25, -0.2) is 4.99 Å². The zero-order valence-electron chi connectivity index (χ0n) is 15.2. The minimum atomic E-state index is -4.70. The molecule has 7 nitrogen and oxygen atoms in total. The van der Waals surface area contributed by atoms with Crippen LogP contribution in [0.2, 0.25) is 0 Å². The summed E-state index contributed by atoms with van der Waals surface area (Å²) in [6, 6.07) is 11.2. The number of hydrogen-bond donors (Lipinski definition) is 3. The molecule has 2 heterocycles. The molecule has 2 aliphatic heterocycles. The number of halogens is 3. The number of nitrogens with two attached hydrogens (primary N) is 1. The minimum absolute atomic E-state index is 0.00652. The first-order valence-corrected chi connectivity index (χ1v) is 8.54. The van der Waals surface area contributed by atoms with Gasteiger partial charge in [-0.2, -0.15) is 13.2 Å². The van der Waals surface area contributed by atoms with Gasteiger partial charge in [-0.15, -0.1) is 0 Å². The van der Waals surface area contributed by atoms with Gasteiger partial charge in [-0.1, -0.05) is 6.07 Å². The van der Waals surface area contributed by atoms with Gasteiger partial charge < -0.3 is 24.8 Å². The molecule has 10 heteroatoms. The second-order valence-corrected chi connectivity index (χ2v) is 6.35. The number of aliphatic imine (C=N–C) groups is 1. The standard InChI is InChI=1S/C19H17F3N4O3/c1-27-13-5-3-12(4-6-13)25-17-24-9-16(19(20,21)22)18(23,26-17)11-2-7-14-15(8-11)29-10-28-14/h2-9H,10,23H2,1H3,(H2,24,25,26). The van der Waals surface area contributed by atoms with Crippen LogP contribution in [0.3, 0.4) is 0 Å². The highest BCUT2D eigenvalue weighted by Crippen LogP contribution is 2.43. The number of fused-ring (bicyclic) bond motifs is 1. The Balaban J connectivity index is 1.71. The number of alkyl halides is 3. The molecule has 4 rings (SSSR count). The SMILES string of the molecule is COc1ccc(NC2=NC(N)(c3ccc4c(c3)OCO4)C(C(F)(F)F)=CN2)cc1. The van der Waals surface area contributed by atoms with Crippen molar-refractivity contribution in [3.8, 4) is 17.2 Å². The molecular weight excluding hydrogens is 389 g/mol. The van der Waals surface area contributed by atoms with Gasteiger partial charge in [-0.05, 0) is 36.4 Å². The summed E-state index contributed by atoms with van der Waals surface area (Å²) in [5, 5.41) is 5.44. The molecule has 0 bridgehead atoms. The highest BCUT2D eigenvalue weighted by atomic mass is 19.4. The van der Waals surface area contributed by atoms with Crippen molar-refractivity contribution in [3.63, 3.8) is 0 Å². The molecule has 0 aliphatic carbocycles. The molecule has 4 N–H and O–H groups in total. The molecule has 29 heavy (non-hydrogen) atoms. The Hall–Kier alpha value is -3.40. The van der Waals surface area contributed by atoms with Crippen molar-refractivity contribution in [2.75, 3.05) is 19.2 Å². The average molecular weight is 406 g/mol. The van der Waals surface area contributed by atoms with Crippen molar-refractivity contribution in [1.82, 2.24) is 5.32 Å². The topological polar surface area (TPSA) is 90.1 Å². The number of methoxy groups -OCH3 is 1. The third kappa shape index (κ3) is 3.54. The lowest BCUT2D eigenvalue weighted by Crippen LogP contribution is -2.49. The highest BCUT2D eigenvalue weighted by molar-refractivity contribution is 5.95. The third-order valence-electron chi connectivity index (χ3n) is 4.52. The second-order valence-electron chi connectivity index (χ2n) is 6.35. The summed E-state index contributed by atoms with van der Waals surface area (Å²) in [5.41, 5.74) is 3.71. The Morgan fingerprint density at radius 3 is 2.55 bits per heavy atom. The Morgan fingerprint density at radius 1 is 1.14 bits per heavy atom. The van der Waals surface area contributed by atoms with Crippen molar-refractivity contribution >= 4 is 11.6 Å². The lowest BCUT2D eigenvalue weighted by atomic mass is 9.91. The lowest BCUT2D eigenvalue weighted by molar-refractivity contribution is -0.102. The van der Waals surface area contributed by atoms with E-state index >= 15 is 0 Å². The first-order chi connectivity index (χ1) is 13.8. The van der Waals surface area contributed by atoms with Crippen molar-refractivity contribution in [2.45, 2.75) is 11.8 Å². The molecule has 0 fully saturated rings. The minimum Gasteiger partial charge on any atom is -0.497 e. The number of anilines is 1. The molecule has 0 spiro atoms. The number of nitrogens with zero attached hydrogens (tertiary/aromatic N) is 1. The molecule has 0 saturated heterocycles. The summed E-state index contributed by atoms with van der Waals surface area (Å²) in [6.07, 6.45) is -3.89. The van der Waals surface area contributed by atoms with E-state index in [1.54, 1.807) is 24.3 Å². The maximum atomic E-state index is 13.7. The Morgan fingerprint density at radius 2 is 1.86 bits per heavy atom. The van der Waals surface area contributed by atoms with Crippen LogP contribution in [0, 0.1) is 0 Å². The predicted octanol–water partition coefficient (Wildman–Crippen LogP) is 3.05. The summed E-state index contributed by atoms with van der Waals surface area (Å²) >= 11 is 0. The van der Waals surface area contributed by atoms with E-state index in [1.807, 2.05) is 0 Å². The van der Waals surface area contributed by atoms with Crippen molar-refractivity contribution in [2.24, 2.45) is 10.7 Å². The fourth-order valence-corrected chi connectivity index (χ4v) is 3.05. The summed E-state index contributed by atoms with van der Waals surface area (Å²) < 4.78 is 56.6. The lowest BCUT2D eigenvalue weighted by Gasteiger charge is -2.34. The van der Waals surface area contributed by atoms with Crippen LogP contribution in [0.5, 0.6) is 17.2 Å². The summed E-state index contributed by atoms with van der Waals surface area (Å²) in [7, 11) is 1.53. The molecule has 2 aliphatic rings. The first kappa shape index (κ1) is 18.9. The maximum Gasteiger partial charge on any atom is 0.418 e. The Bertz CT molecular complexity index is 989. The Kier molecular flexibility index (Phi) is 4.50. The number of ether oxygens (including phenoxy) is 3. The van der Waals surface area contributed by atoms with Gasteiger partial charge in [0, 0.05) is 17.5 Å². The van der Waals surface area contributed by atoms with Crippen molar-refractivity contribution in [1.29, 1.82) is 0 Å². The normalized spacial score (nSPS) is 20.4. The fraction of sp³-hybridized carbons (Fsp3) is 0.211. The first-order valence-electron chi connectivity index (χ1n) is 8.54.